The second-order valence-corrected chi connectivity index (χ2v) is 5.97. The highest BCUT2D eigenvalue weighted by Crippen LogP contribution is 2.28. The molecular weight excluding hydrogens is 343 g/mol. The highest BCUT2D eigenvalue weighted by Gasteiger charge is 2.12. The lowest BCUT2D eigenvalue weighted by molar-refractivity contribution is 0.101. The van der Waals surface area contributed by atoms with E-state index in [-0.39, 0.29) is 17.5 Å². The van der Waals surface area contributed by atoms with Gasteiger partial charge in [-0.25, -0.2) is 4.98 Å². The lowest BCUT2D eigenvalue weighted by Gasteiger charge is -2.12. The summed E-state index contributed by atoms with van der Waals surface area (Å²) < 4.78 is 0. The Morgan fingerprint density at radius 1 is 0.958 bits per heavy atom. The molecule has 3 rings (SSSR count). The van der Waals surface area contributed by atoms with E-state index in [1.54, 1.807) is 18.3 Å². The van der Waals surface area contributed by atoms with Gasteiger partial charge in [0.05, 0.1) is 12.1 Å². The molecule has 3 nitrogen and oxygen atoms in total. The van der Waals surface area contributed by atoms with Crippen molar-refractivity contribution in [1.82, 2.24) is 4.98 Å². The highest BCUT2D eigenvalue weighted by molar-refractivity contribution is 6.33. The monoisotopic (exact) mass is 356 g/mol. The minimum absolute atomic E-state index is 0.112. The summed E-state index contributed by atoms with van der Waals surface area (Å²) in [6.45, 7) is 0.135. The van der Waals surface area contributed by atoms with Crippen LogP contribution < -0.4 is 5.32 Å². The van der Waals surface area contributed by atoms with E-state index >= 15 is 0 Å². The number of carbonyl (C=O) groups excluding carboxylic acids is 1. The Morgan fingerprint density at radius 3 is 2.46 bits per heavy atom. The number of benzene rings is 2. The first-order valence-corrected chi connectivity index (χ1v) is 8.13. The first kappa shape index (κ1) is 16.5. The van der Waals surface area contributed by atoms with Crippen LogP contribution in [0.2, 0.25) is 10.2 Å². The molecule has 5 heteroatoms. The minimum atomic E-state index is -0.112. The maximum absolute atomic E-state index is 12.3. The van der Waals surface area contributed by atoms with Gasteiger partial charge in [0.25, 0.3) is 0 Å². The summed E-state index contributed by atoms with van der Waals surface area (Å²) in [5, 5.41) is 4.09. The van der Waals surface area contributed by atoms with Crippen molar-refractivity contribution in [1.29, 1.82) is 0 Å². The predicted molar refractivity (Wildman–Crippen MR) is 99.0 cm³/mol. The van der Waals surface area contributed by atoms with Gasteiger partial charge in [-0.1, -0.05) is 53.5 Å². The molecule has 3 aromatic rings. The third-order valence-electron chi connectivity index (χ3n) is 3.58. The van der Waals surface area contributed by atoms with Crippen LogP contribution in [0.5, 0.6) is 0 Å². The zero-order valence-electron chi connectivity index (χ0n) is 12.7. The molecule has 0 aliphatic rings. The molecule has 1 aromatic heterocycles. The van der Waals surface area contributed by atoms with Crippen molar-refractivity contribution in [2.45, 2.75) is 0 Å². The van der Waals surface area contributed by atoms with E-state index in [2.05, 4.69) is 10.3 Å². The van der Waals surface area contributed by atoms with Crippen LogP contribution >= 0.6 is 23.2 Å². The summed E-state index contributed by atoms with van der Waals surface area (Å²) in [6.07, 6.45) is 1.56. The average molecular weight is 357 g/mol. The third kappa shape index (κ3) is 3.75. The number of anilines is 1. The summed E-state index contributed by atoms with van der Waals surface area (Å²) in [4.78, 5) is 16.3. The molecule has 0 fully saturated rings. The largest absolute Gasteiger partial charge is 0.377 e. The quantitative estimate of drug-likeness (QED) is 0.494. The molecule has 0 spiro atoms. The summed E-state index contributed by atoms with van der Waals surface area (Å²) >= 11 is 11.9. The first-order valence-electron chi connectivity index (χ1n) is 7.38. The number of ketones is 1. The van der Waals surface area contributed by atoms with Gasteiger partial charge in [-0.05, 0) is 35.9 Å². The van der Waals surface area contributed by atoms with Crippen LogP contribution in [-0.2, 0) is 0 Å². The lowest BCUT2D eigenvalue weighted by atomic mass is 10.0. The summed E-state index contributed by atoms with van der Waals surface area (Å²) in [6, 6.07) is 18.7. The Labute approximate surface area is 150 Å². The smallest absolute Gasteiger partial charge is 0.184 e. The molecule has 0 aliphatic carbocycles. The van der Waals surface area contributed by atoms with Gasteiger partial charge in [0.2, 0.25) is 0 Å². The maximum Gasteiger partial charge on any atom is 0.184 e. The van der Waals surface area contributed by atoms with Crippen LogP contribution in [-0.4, -0.2) is 17.3 Å². The second kappa shape index (κ2) is 7.47. The SMILES string of the molecule is O=C(CNc1ccccc1-c1ccc(Cl)cc1)c1cccnc1Cl. The fraction of sp³-hybridized carbons (Fsp3) is 0.0526. The van der Waals surface area contributed by atoms with Crippen LogP contribution in [0.1, 0.15) is 10.4 Å². The van der Waals surface area contributed by atoms with Crippen LogP contribution in [0, 0.1) is 0 Å². The molecule has 0 atom stereocenters. The number of Topliss-reactive ketones (excluding diaryl/α,β-unsaturated/α-hetero) is 1. The molecule has 0 amide bonds. The number of pyridine rings is 1. The van der Waals surface area contributed by atoms with Gasteiger partial charge < -0.3 is 5.32 Å². The molecule has 1 heterocycles. The first-order chi connectivity index (χ1) is 11.6. The van der Waals surface area contributed by atoms with Gasteiger partial charge in [-0.3, -0.25) is 4.79 Å². The summed E-state index contributed by atoms with van der Waals surface area (Å²) in [7, 11) is 0. The number of aromatic nitrogens is 1. The maximum atomic E-state index is 12.3. The number of hydrogen-bond acceptors (Lipinski definition) is 3. The number of hydrogen-bond donors (Lipinski definition) is 1. The van der Waals surface area contributed by atoms with Crippen LogP contribution in [0.4, 0.5) is 5.69 Å². The minimum Gasteiger partial charge on any atom is -0.377 e. The highest BCUT2D eigenvalue weighted by atomic mass is 35.5. The number of nitrogens with zero attached hydrogens (tertiary/aromatic N) is 1. The number of nitrogens with one attached hydrogen (secondary N) is 1. The molecule has 0 radical (unpaired) electrons. The zero-order valence-corrected chi connectivity index (χ0v) is 14.2. The van der Waals surface area contributed by atoms with Crippen molar-refractivity contribution in [2.24, 2.45) is 0 Å². The van der Waals surface area contributed by atoms with Crippen molar-refractivity contribution in [2.75, 3.05) is 11.9 Å². The van der Waals surface area contributed by atoms with Crippen molar-refractivity contribution < 1.29 is 4.79 Å². The summed E-state index contributed by atoms with van der Waals surface area (Å²) in [5.74, 6) is -0.112. The van der Waals surface area contributed by atoms with Crippen molar-refractivity contribution in [3.8, 4) is 11.1 Å². The van der Waals surface area contributed by atoms with Crippen molar-refractivity contribution in [3.05, 3.63) is 82.6 Å². The predicted octanol–water partition coefficient (Wildman–Crippen LogP) is 5.35. The molecular formula is C19H14Cl2N2O. The molecule has 24 heavy (non-hydrogen) atoms. The standard InChI is InChI=1S/C19H14Cl2N2O/c20-14-9-7-13(8-10-14)15-4-1-2-6-17(15)23-12-18(24)16-5-3-11-22-19(16)21/h1-11,23H,12H2. The van der Waals surface area contributed by atoms with Crippen LogP contribution in [0.15, 0.2) is 66.9 Å². The number of para-hydroxylation sites is 1. The molecule has 0 bridgehead atoms. The zero-order chi connectivity index (χ0) is 16.9. The molecule has 0 unspecified atom stereocenters. The topological polar surface area (TPSA) is 42.0 Å². The van der Waals surface area contributed by atoms with E-state index in [1.165, 1.54) is 0 Å². The van der Waals surface area contributed by atoms with E-state index in [0.29, 0.717) is 10.6 Å². The van der Waals surface area contributed by atoms with E-state index in [1.807, 2.05) is 48.5 Å². The van der Waals surface area contributed by atoms with Crippen molar-refractivity contribution in [3.63, 3.8) is 0 Å². The second-order valence-electron chi connectivity index (χ2n) is 5.17. The molecule has 0 saturated carbocycles. The van der Waals surface area contributed by atoms with E-state index in [4.69, 9.17) is 23.2 Å². The van der Waals surface area contributed by atoms with Crippen molar-refractivity contribution >= 4 is 34.7 Å². The average Bonchev–Trinajstić information content (AvgIpc) is 2.61. The van der Waals surface area contributed by atoms with Gasteiger partial charge in [-0.2, -0.15) is 0 Å². The fourth-order valence-electron chi connectivity index (χ4n) is 2.38. The van der Waals surface area contributed by atoms with E-state index in [9.17, 15) is 4.79 Å². The molecule has 1 N–H and O–H groups in total. The van der Waals surface area contributed by atoms with Crippen LogP contribution in [0.25, 0.3) is 11.1 Å². The van der Waals surface area contributed by atoms with Gasteiger partial charge in [0.15, 0.2) is 5.78 Å². The number of halogens is 2. The molecule has 120 valence electrons. The lowest BCUT2D eigenvalue weighted by Crippen LogP contribution is -2.15. The van der Waals surface area contributed by atoms with Gasteiger partial charge in [0.1, 0.15) is 5.15 Å². The number of carbonyl (C=O) groups is 1. The van der Waals surface area contributed by atoms with E-state index < -0.39 is 0 Å². The normalized spacial score (nSPS) is 10.4. The Hall–Kier alpha value is -2.36. The van der Waals surface area contributed by atoms with Crippen LogP contribution in [0.3, 0.4) is 0 Å². The van der Waals surface area contributed by atoms with Gasteiger partial charge in [-0.15, -0.1) is 0 Å². The van der Waals surface area contributed by atoms with Gasteiger partial charge in [0, 0.05) is 22.5 Å². The molecule has 0 aliphatic heterocycles. The Balaban J connectivity index is 1.80. The molecule has 2 aromatic carbocycles. The molecule has 0 saturated heterocycles. The summed E-state index contributed by atoms with van der Waals surface area (Å²) in [5.41, 5.74) is 3.30. The van der Waals surface area contributed by atoms with E-state index in [0.717, 1.165) is 16.8 Å². The fourth-order valence-corrected chi connectivity index (χ4v) is 2.73. The van der Waals surface area contributed by atoms with Gasteiger partial charge >= 0.3 is 0 Å². The third-order valence-corrected chi connectivity index (χ3v) is 4.13. The Kier molecular flexibility index (Phi) is 5.14. The number of rotatable bonds is 5. The Bertz CT molecular complexity index is 863. The Morgan fingerprint density at radius 2 is 1.71 bits per heavy atom.